The molecule has 1 aliphatic rings. The lowest BCUT2D eigenvalue weighted by molar-refractivity contribution is 0.0617. The Morgan fingerprint density at radius 2 is 1.90 bits per heavy atom. The Morgan fingerprint density at radius 3 is 2.57 bits per heavy atom. The Labute approximate surface area is 174 Å². The highest BCUT2D eigenvalue weighted by Crippen LogP contribution is 2.20. The summed E-state index contributed by atoms with van der Waals surface area (Å²) in [4.78, 5) is 29.4. The predicted octanol–water partition coefficient (Wildman–Crippen LogP) is 3.09. The summed E-state index contributed by atoms with van der Waals surface area (Å²) < 4.78 is 10.4. The van der Waals surface area contributed by atoms with Crippen molar-refractivity contribution in [1.82, 2.24) is 15.0 Å². The van der Waals surface area contributed by atoms with E-state index in [0.29, 0.717) is 30.9 Å². The van der Waals surface area contributed by atoms with E-state index in [4.69, 9.17) is 8.94 Å². The number of amides is 2. The third-order valence-electron chi connectivity index (χ3n) is 5.19. The Kier molecular flexibility index (Phi) is 5.67. The van der Waals surface area contributed by atoms with Crippen molar-refractivity contribution in [1.29, 1.82) is 0 Å². The minimum atomic E-state index is -0.344. The third kappa shape index (κ3) is 4.44. The molecule has 30 heavy (non-hydrogen) atoms. The van der Waals surface area contributed by atoms with Gasteiger partial charge in [0.05, 0.1) is 18.5 Å². The number of hydrogen-bond donors (Lipinski definition) is 1. The maximum atomic E-state index is 13.0. The zero-order valence-corrected chi connectivity index (χ0v) is 17.1. The first kappa shape index (κ1) is 19.9. The van der Waals surface area contributed by atoms with Gasteiger partial charge in [-0.15, -0.1) is 0 Å². The first-order valence-electron chi connectivity index (χ1n) is 9.89. The molecule has 0 spiro atoms. The fourth-order valence-corrected chi connectivity index (χ4v) is 3.48. The van der Waals surface area contributed by atoms with Crippen molar-refractivity contribution in [2.45, 2.75) is 20.4 Å². The molecule has 1 saturated heterocycles. The molecule has 1 aliphatic heterocycles. The van der Waals surface area contributed by atoms with Gasteiger partial charge in [-0.05, 0) is 43.7 Å². The van der Waals surface area contributed by atoms with Gasteiger partial charge in [-0.25, -0.2) is 0 Å². The van der Waals surface area contributed by atoms with Crippen LogP contribution in [-0.4, -0.2) is 52.9 Å². The van der Waals surface area contributed by atoms with Crippen molar-refractivity contribution in [3.8, 4) is 0 Å². The first-order valence-corrected chi connectivity index (χ1v) is 9.89. The number of carbonyl (C=O) groups excluding carboxylic acids is 2. The molecule has 8 nitrogen and oxygen atoms in total. The number of piperazine rings is 1. The number of rotatable bonds is 5. The topological polar surface area (TPSA) is 91.8 Å². The molecule has 0 atom stereocenters. The first-order chi connectivity index (χ1) is 14.5. The van der Waals surface area contributed by atoms with Gasteiger partial charge in [-0.3, -0.25) is 14.5 Å². The van der Waals surface area contributed by atoms with Gasteiger partial charge in [0.1, 0.15) is 0 Å². The van der Waals surface area contributed by atoms with Crippen LogP contribution in [0.3, 0.4) is 0 Å². The van der Waals surface area contributed by atoms with Crippen LogP contribution < -0.4 is 5.32 Å². The van der Waals surface area contributed by atoms with Gasteiger partial charge < -0.3 is 19.2 Å². The summed E-state index contributed by atoms with van der Waals surface area (Å²) in [7, 11) is 0. The molecule has 1 N–H and O–H groups in total. The van der Waals surface area contributed by atoms with Crippen molar-refractivity contribution >= 4 is 17.5 Å². The summed E-state index contributed by atoms with van der Waals surface area (Å²) in [5.41, 5.74) is 2.89. The standard InChI is InChI=1S/C22H24N4O4/c1-15-5-6-17(13-19(15)23-21(27)20-4-3-11-29-20)22(28)26-9-7-25(8-10-26)14-18-12-16(2)24-30-18/h3-6,11-13H,7-10,14H2,1-2H3,(H,23,27). The maximum absolute atomic E-state index is 13.0. The van der Waals surface area contributed by atoms with E-state index in [1.165, 1.54) is 6.26 Å². The van der Waals surface area contributed by atoms with E-state index in [0.717, 1.165) is 30.1 Å². The molecule has 3 heterocycles. The normalized spacial score (nSPS) is 14.7. The van der Waals surface area contributed by atoms with E-state index >= 15 is 0 Å². The minimum Gasteiger partial charge on any atom is -0.459 e. The Balaban J connectivity index is 1.38. The monoisotopic (exact) mass is 408 g/mol. The zero-order valence-electron chi connectivity index (χ0n) is 17.1. The fraction of sp³-hybridized carbons (Fsp3) is 0.318. The quantitative estimate of drug-likeness (QED) is 0.698. The lowest BCUT2D eigenvalue weighted by Gasteiger charge is -2.34. The van der Waals surface area contributed by atoms with Crippen molar-refractivity contribution < 1.29 is 18.5 Å². The Morgan fingerprint density at radius 1 is 1.10 bits per heavy atom. The number of furan rings is 1. The Hall–Kier alpha value is -3.39. The van der Waals surface area contributed by atoms with Crippen LogP contribution in [0.5, 0.6) is 0 Å². The molecular weight excluding hydrogens is 384 g/mol. The number of carbonyl (C=O) groups is 2. The highest BCUT2D eigenvalue weighted by molar-refractivity contribution is 6.03. The van der Waals surface area contributed by atoms with Gasteiger partial charge in [0.15, 0.2) is 11.5 Å². The fourth-order valence-electron chi connectivity index (χ4n) is 3.48. The SMILES string of the molecule is Cc1cc(CN2CCN(C(=O)c3ccc(C)c(NC(=O)c4ccco4)c3)CC2)on1. The molecule has 0 radical (unpaired) electrons. The number of aryl methyl sites for hydroxylation is 2. The molecule has 1 aromatic carbocycles. The molecule has 8 heteroatoms. The lowest BCUT2D eigenvalue weighted by atomic mass is 10.1. The minimum absolute atomic E-state index is 0.0429. The second kappa shape index (κ2) is 8.54. The predicted molar refractivity (Wildman–Crippen MR) is 110 cm³/mol. The molecule has 2 amide bonds. The summed E-state index contributed by atoms with van der Waals surface area (Å²) in [6.45, 7) is 7.27. The van der Waals surface area contributed by atoms with Crippen molar-refractivity contribution in [3.05, 3.63) is 71.0 Å². The average Bonchev–Trinajstić information content (AvgIpc) is 3.42. The Bertz CT molecular complexity index is 1030. The summed E-state index contributed by atoms with van der Waals surface area (Å²) in [6.07, 6.45) is 1.45. The molecule has 4 rings (SSSR count). The van der Waals surface area contributed by atoms with E-state index in [1.54, 1.807) is 24.3 Å². The third-order valence-corrected chi connectivity index (χ3v) is 5.19. The molecule has 1 fully saturated rings. The van der Waals surface area contributed by atoms with E-state index in [1.807, 2.05) is 30.9 Å². The van der Waals surface area contributed by atoms with Crippen molar-refractivity contribution in [3.63, 3.8) is 0 Å². The molecule has 0 unspecified atom stereocenters. The van der Waals surface area contributed by atoms with Gasteiger partial charge in [0, 0.05) is 43.5 Å². The lowest BCUT2D eigenvalue weighted by Crippen LogP contribution is -2.48. The van der Waals surface area contributed by atoms with Crippen LogP contribution in [0, 0.1) is 13.8 Å². The van der Waals surface area contributed by atoms with E-state index in [2.05, 4.69) is 15.4 Å². The van der Waals surface area contributed by atoms with Crippen LogP contribution in [-0.2, 0) is 6.54 Å². The van der Waals surface area contributed by atoms with Crippen LogP contribution in [0.2, 0.25) is 0 Å². The maximum Gasteiger partial charge on any atom is 0.291 e. The van der Waals surface area contributed by atoms with Gasteiger partial charge >= 0.3 is 0 Å². The number of hydrogen-bond acceptors (Lipinski definition) is 6. The summed E-state index contributed by atoms with van der Waals surface area (Å²) in [5.74, 6) is 0.676. The number of benzene rings is 1. The second-order valence-electron chi connectivity index (χ2n) is 7.46. The van der Waals surface area contributed by atoms with Crippen molar-refractivity contribution in [2.75, 3.05) is 31.5 Å². The number of aromatic nitrogens is 1. The van der Waals surface area contributed by atoms with Gasteiger partial charge in [0.25, 0.3) is 11.8 Å². The molecule has 2 aromatic heterocycles. The van der Waals surface area contributed by atoms with Gasteiger partial charge in [-0.2, -0.15) is 0 Å². The average molecular weight is 408 g/mol. The van der Waals surface area contributed by atoms with Crippen LogP contribution in [0.1, 0.15) is 37.9 Å². The van der Waals surface area contributed by atoms with E-state index < -0.39 is 0 Å². The molecule has 156 valence electrons. The smallest absolute Gasteiger partial charge is 0.291 e. The number of nitrogens with zero attached hydrogens (tertiary/aromatic N) is 3. The van der Waals surface area contributed by atoms with Crippen LogP contribution >= 0.6 is 0 Å². The summed E-state index contributed by atoms with van der Waals surface area (Å²) >= 11 is 0. The summed E-state index contributed by atoms with van der Waals surface area (Å²) in [5, 5.41) is 6.73. The van der Waals surface area contributed by atoms with Crippen LogP contribution in [0.15, 0.2) is 51.6 Å². The highest BCUT2D eigenvalue weighted by atomic mass is 16.5. The molecular formula is C22H24N4O4. The number of nitrogens with one attached hydrogen (secondary N) is 1. The van der Waals surface area contributed by atoms with Gasteiger partial charge in [0.2, 0.25) is 0 Å². The van der Waals surface area contributed by atoms with Crippen LogP contribution in [0.4, 0.5) is 5.69 Å². The van der Waals surface area contributed by atoms with Crippen molar-refractivity contribution in [2.24, 2.45) is 0 Å². The van der Waals surface area contributed by atoms with Crippen LogP contribution in [0.25, 0.3) is 0 Å². The largest absolute Gasteiger partial charge is 0.459 e. The number of anilines is 1. The highest BCUT2D eigenvalue weighted by Gasteiger charge is 2.23. The second-order valence-corrected chi connectivity index (χ2v) is 7.46. The summed E-state index contributed by atoms with van der Waals surface area (Å²) in [6, 6.07) is 10.5. The van der Waals surface area contributed by atoms with Gasteiger partial charge in [-0.1, -0.05) is 11.2 Å². The molecule has 0 saturated carbocycles. The van der Waals surface area contributed by atoms with E-state index in [9.17, 15) is 9.59 Å². The molecule has 0 aliphatic carbocycles. The molecule has 0 bridgehead atoms. The zero-order chi connectivity index (χ0) is 21.1. The molecule has 3 aromatic rings. The van der Waals surface area contributed by atoms with E-state index in [-0.39, 0.29) is 17.6 Å².